The summed E-state index contributed by atoms with van der Waals surface area (Å²) in [6.45, 7) is -0.322. The highest BCUT2D eigenvalue weighted by Gasteiger charge is 2.35. The third-order valence-electron chi connectivity index (χ3n) is 3.13. The summed E-state index contributed by atoms with van der Waals surface area (Å²) in [5.74, 6) is 0. The summed E-state index contributed by atoms with van der Waals surface area (Å²) >= 11 is 0. The van der Waals surface area contributed by atoms with Gasteiger partial charge in [0.2, 0.25) is 0 Å². The highest BCUT2D eigenvalue weighted by molar-refractivity contribution is 5.85. The fraction of sp³-hybridized carbons (Fsp3) is 0.600. The van der Waals surface area contributed by atoms with Crippen LogP contribution in [0.15, 0.2) is 20.9 Å². The van der Waals surface area contributed by atoms with Gasteiger partial charge in [-0.25, -0.2) is 4.79 Å². The van der Waals surface area contributed by atoms with E-state index in [2.05, 4.69) is 20.3 Å². The highest BCUT2D eigenvalue weighted by Crippen LogP contribution is 2.29. The number of azide groups is 1. The first-order chi connectivity index (χ1) is 9.60. The van der Waals surface area contributed by atoms with E-state index in [1.807, 2.05) is 0 Å². The number of hydrogen-bond acceptors (Lipinski definition) is 6. The number of ether oxygens (including phenoxy) is 1. The van der Waals surface area contributed by atoms with Crippen molar-refractivity contribution in [3.8, 4) is 0 Å². The van der Waals surface area contributed by atoms with Crippen molar-refractivity contribution < 1.29 is 9.84 Å². The van der Waals surface area contributed by atoms with E-state index >= 15 is 0 Å². The van der Waals surface area contributed by atoms with Gasteiger partial charge in [0.1, 0.15) is 11.9 Å². The lowest BCUT2D eigenvalue weighted by Crippen LogP contribution is -2.33. The molecule has 1 unspecified atom stereocenters. The number of aliphatic hydroxyl groups is 1. The Morgan fingerprint density at radius 3 is 2.95 bits per heavy atom. The van der Waals surface area contributed by atoms with Crippen molar-refractivity contribution in [1.29, 1.82) is 0 Å². The Labute approximate surface area is 124 Å². The van der Waals surface area contributed by atoms with Gasteiger partial charge in [-0.15, -0.1) is 12.4 Å². The molecule has 0 amide bonds. The molecular weight excluding hydrogens is 304 g/mol. The molecule has 1 saturated heterocycles. The Balaban J connectivity index is 0.00000220. The van der Waals surface area contributed by atoms with Gasteiger partial charge in [0, 0.05) is 24.6 Å². The van der Waals surface area contributed by atoms with Crippen LogP contribution in [0.2, 0.25) is 0 Å². The minimum atomic E-state index is -0.709. The second kappa shape index (κ2) is 7.14. The van der Waals surface area contributed by atoms with Crippen LogP contribution in [0.3, 0.4) is 0 Å². The Bertz CT molecular complexity index is 652. The maximum Gasteiger partial charge on any atom is 0.330 e. The van der Waals surface area contributed by atoms with Crippen LogP contribution in [0.4, 0.5) is 5.69 Å². The van der Waals surface area contributed by atoms with Crippen molar-refractivity contribution in [2.75, 3.05) is 19.0 Å². The summed E-state index contributed by atoms with van der Waals surface area (Å²) in [6.07, 6.45) is 0.190. The minimum absolute atomic E-state index is 0. The molecule has 21 heavy (non-hydrogen) atoms. The van der Waals surface area contributed by atoms with Crippen LogP contribution in [-0.2, 0) is 4.74 Å². The summed E-state index contributed by atoms with van der Waals surface area (Å²) in [5, 5.41) is 15.4. The highest BCUT2D eigenvalue weighted by atomic mass is 35.5. The number of anilines is 1. The van der Waals surface area contributed by atoms with Gasteiger partial charge < -0.3 is 15.2 Å². The van der Waals surface area contributed by atoms with E-state index in [4.69, 9.17) is 10.3 Å². The molecular formula is C10H15ClN6O4. The van der Waals surface area contributed by atoms with E-state index in [0.29, 0.717) is 0 Å². The maximum absolute atomic E-state index is 11.8. The standard InChI is InChI=1S/C10H14N6O4.ClH/c1-12-6-3-16(10(19)13-9(6)18)8-2-5(14-15-11)7(4-17)20-8;/h3,5,7-8,12,17H,2,4H2,1H3,(H,13,18,19);1H/t5?,7-,8-;/m1./s1. The number of rotatable bonds is 4. The zero-order valence-electron chi connectivity index (χ0n) is 11.1. The van der Waals surface area contributed by atoms with Crippen LogP contribution in [0.5, 0.6) is 0 Å². The lowest BCUT2D eigenvalue weighted by molar-refractivity contribution is -0.0269. The topological polar surface area (TPSA) is 145 Å². The molecule has 1 fully saturated rings. The molecule has 0 radical (unpaired) electrons. The molecule has 2 rings (SSSR count). The van der Waals surface area contributed by atoms with E-state index in [9.17, 15) is 14.7 Å². The number of aromatic nitrogens is 2. The largest absolute Gasteiger partial charge is 0.394 e. The number of halogens is 1. The number of H-pyrrole nitrogens is 1. The van der Waals surface area contributed by atoms with Crippen LogP contribution in [-0.4, -0.2) is 40.5 Å². The van der Waals surface area contributed by atoms with Crippen LogP contribution >= 0.6 is 12.4 Å². The predicted octanol–water partition coefficient (Wildman–Crippen LogP) is -0.0412. The summed E-state index contributed by atoms with van der Waals surface area (Å²) in [5.41, 5.74) is 7.52. The minimum Gasteiger partial charge on any atom is -0.394 e. The molecule has 1 aromatic heterocycles. The fourth-order valence-corrected chi connectivity index (χ4v) is 2.12. The number of aromatic amines is 1. The van der Waals surface area contributed by atoms with Gasteiger partial charge >= 0.3 is 5.69 Å². The maximum atomic E-state index is 11.8. The van der Waals surface area contributed by atoms with Crippen molar-refractivity contribution in [1.82, 2.24) is 9.55 Å². The molecule has 1 aliphatic rings. The van der Waals surface area contributed by atoms with Crippen molar-refractivity contribution in [3.05, 3.63) is 37.5 Å². The Morgan fingerprint density at radius 2 is 2.38 bits per heavy atom. The van der Waals surface area contributed by atoms with Gasteiger partial charge in [-0.1, -0.05) is 5.11 Å². The van der Waals surface area contributed by atoms with Gasteiger partial charge in [-0.05, 0) is 5.53 Å². The Kier molecular flexibility index (Phi) is 5.79. The first kappa shape index (κ1) is 17.1. The van der Waals surface area contributed by atoms with Crippen LogP contribution in [0.1, 0.15) is 12.6 Å². The molecule has 10 nitrogen and oxygen atoms in total. The summed E-state index contributed by atoms with van der Waals surface area (Å²) in [6, 6.07) is -0.563. The molecule has 0 saturated carbocycles. The Hall–Kier alpha value is -2.00. The van der Waals surface area contributed by atoms with Gasteiger partial charge in [-0.3, -0.25) is 14.3 Å². The average molecular weight is 319 g/mol. The van der Waals surface area contributed by atoms with Crippen LogP contribution < -0.4 is 16.6 Å². The quantitative estimate of drug-likeness (QED) is 0.405. The molecule has 1 aliphatic heterocycles. The second-order valence-corrected chi connectivity index (χ2v) is 4.28. The van der Waals surface area contributed by atoms with E-state index in [-0.39, 0.29) is 31.1 Å². The zero-order valence-corrected chi connectivity index (χ0v) is 11.9. The summed E-state index contributed by atoms with van der Waals surface area (Å²) < 4.78 is 6.68. The van der Waals surface area contributed by atoms with Crippen LogP contribution in [0.25, 0.3) is 10.4 Å². The van der Waals surface area contributed by atoms with Gasteiger partial charge in [0.15, 0.2) is 0 Å². The molecule has 2 heterocycles. The van der Waals surface area contributed by atoms with Gasteiger partial charge in [0.25, 0.3) is 5.56 Å². The van der Waals surface area contributed by atoms with Crippen molar-refractivity contribution in [2.45, 2.75) is 24.8 Å². The first-order valence-corrected chi connectivity index (χ1v) is 5.94. The normalized spacial score (nSPS) is 24.0. The third kappa shape index (κ3) is 3.37. The molecule has 0 bridgehead atoms. The number of nitrogens with one attached hydrogen (secondary N) is 2. The van der Waals surface area contributed by atoms with E-state index in [0.717, 1.165) is 0 Å². The van der Waals surface area contributed by atoms with Crippen molar-refractivity contribution in [2.24, 2.45) is 5.11 Å². The molecule has 0 spiro atoms. The van der Waals surface area contributed by atoms with Crippen molar-refractivity contribution >= 4 is 18.1 Å². The molecule has 3 N–H and O–H groups in total. The zero-order chi connectivity index (χ0) is 14.7. The molecule has 1 aromatic rings. The van der Waals surface area contributed by atoms with E-state index in [1.165, 1.54) is 10.8 Å². The monoisotopic (exact) mass is 318 g/mol. The lowest BCUT2D eigenvalue weighted by Gasteiger charge is -2.15. The third-order valence-corrected chi connectivity index (χ3v) is 3.13. The van der Waals surface area contributed by atoms with Crippen molar-refractivity contribution in [3.63, 3.8) is 0 Å². The molecule has 116 valence electrons. The first-order valence-electron chi connectivity index (χ1n) is 5.94. The summed E-state index contributed by atoms with van der Waals surface area (Å²) in [4.78, 5) is 28.1. The van der Waals surface area contributed by atoms with Crippen LogP contribution in [0, 0.1) is 0 Å². The average Bonchev–Trinajstić information content (AvgIpc) is 2.82. The smallest absolute Gasteiger partial charge is 0.330 e. The van der Waals surface area contributed by atoms with E-state index in [1.54, 1.807) is 7.05 Å². The van der Waals surface area contributed by atoms with Gasteiger partial charge in [0.05, 0.1) is 18.8 Å². The van der Waals surface area contributed by atoms with E-state index < -0.39 is 29.6 Å². The SMILES string of the molecule is CNc1cn([C@H]2CC(N=[N+]=[N-])[C@@H](CO)O2)c(=O)[nH]c1=O.Cl. The second-order valence-electron chi connectivity index (χ2n) is 4.28. The predicted molar refractivity (Wildman–Crippen MR) is 76.7 cm³/mol. The number of aliphatic hydroxyl groups excluding tert-OH is 1. The lowest BCUT2D eigenvalue weighted by atomic mass is 10.1. The summed E-state index contributed by atoms with van der Waals surface area (Å²) in [7, 11) is 1.55. The molecule has 3 atom stereocenters. The Morgan fingerprint density at radius 1 is 1.67 bits per heavy atom. The molecule has 0 aliphatic carbocycles. The molecule has 0 aromatic carbocycles. The number of nitrogens with zero attached hydrogens (tertiary/aromatic N) is 4. The molecule has 11 heteroatoms. The van der Waals surface area contributed by atoms with Gasteiger partial charge in [-0.2, -0.15) is 0 Å². The fourth-order valence-electron chi connectivity index (χ4n) is 2.12. The number of hydrogen-bond donors (Lipinski definition) is 3.